The molecule has 0 saturated carbocycles. The van der Waals surface area contributed by atoms with E-state index in [1.165, 1.54) is 11.8 Å². The Bertz CT molecular complexity index is 560. The van der Waals surface area contributed by atoms with Gasteiger partial charge in [0.2, 0.25) is 5.91 Å². The van der Waals surface area contributed by atoms with Crippen LogP contribution in [0.3, 0.4) is 0 Å². The van der Waals surface area contributed by atoms with Gasteiger partial charge in [0.05, 0.1) is 17.9 Å². The molecule has 2 aromatic rings. The molecule has 2 N–H and O–H groups in total. The van der Waals surface area contributed by atoms with Crippen LogP contribution in [0.25, 0.3) is 0 Å². The number of ether oxygens (including phenoxy) is 1. The number of nitrogens with zero attached hydrogens (tertiary/aromatic N) is 1. The second kappa shape index (κ2) is 6.49. The van der Waals surface area contributed by atoms with Crippen molar-refractivity contribution in [2.24, 2.45) is 0 Å². The molecule has 1 heterocycles. The molecule has 100 valence electrons. The molecular weight excluding hydrogens is 286 g/mol. The number of imidazole rings is 1. The average molecular weight is 298 g/mol. The van der Waals surface area contributed by atoms with Crippen LogP contribution in [0, 0.1) is 0 Å². The standard InChI is InChI=1S/C12H12ClN3O2S/c1-18-10-3-2-8(6-9(10)13)16-11(17)7-19-12-14-4-5-15-12/h2-6H,7H2,1H3,(H,14,15)(H,16,17). The Kier molecular flexibility index (Phi) is 4.70. The van der Waals surface area contributed by atoms with Crippen molar-refractivity contribution in [1.29, 1.82) is 0 Å². The normalized spacial score (nSPS) is 10.2. The number of benzene rings is 1. The van der Waals surface area contributed by atoms with Gasteiger partial charge in [-0.1, -0.05) is 23.4 Å². The molecule has 0 fully saturated rings. The van der Waals surface area contributed by atoms with E-state index in [4.69, 9.17) is 16.3 Å². The number of thioether (sulfide) groups is 1. The zero-order valence-corrected chi connectivity index (χ0v) is 11.7. The van der Waals surface area contributed by atoms with Crippen molar-refractivity contribution >= 4 is 35.0 Å². The van der Waals surface area contributed by atoms with Crippen LogP contribution in [-0.4, -0.2) is 28.7 Å². The smallest absolute Gasteiger partial charge is 0.234 e. The molecule has 0 atom stereocenters. The fraction of sp³-hybridized carbons (Fsp3) is 0.167. The number of nitrogens with one attached hydrogen (secondary N) is 2. The molecule has 1 aromatic heterocycles. The van der Waals surface area contributed by atoms with Crippen LogP contribution in [0.4, 0.5) is 5.69 Å². The van der Waals surface area contributed by atoms with Gasteiger partial charge in [0.25, 0.3) is 0 Å². The molecule has 5 nitrogen and oxygen atoms in total. The zero-order chi connectivity index (χ0) is 13.7. The number of aromatic nitrogens is 2. The van der Waals surface area contributed by atoms with Crippen molar-refractivity contribution in [3.05, 3.63) is 35.6 Å². The lowest BCUT2D eigenvalue weighted by atomic mass is 10.3. The molecule has 0 unspecified atom stereocenters. The van der Waals surface area contributed by atoms with Crippen LogP contribution in [0.15, 0.2) is 35.7 Å². The zero-order valence-electron chi connectivity index (χ0n) is 10.1. The Morgan fingerprint density at radius 2 is 2.42 bits per heavy atom. The highest BCUT2D eigenvalue weighted by Crippen LogP contribution is 2.27. The van der Waals surface area contributed by atoms with E-state index in [0.717, 1.165) is 0 Å². The van der Waals surface area contributed by atoms with E-state index in [1.807, 2.05) is 0 Å². The topological polar surface area (TPSA) is 67.0 Å². The van der Waals surface area contributed by atoms with E-state index in [-0.39, 0.29) is 11.7 Å². The summed E-state index contributed by atoms with van der Waals surface area (Å²) in [5.74, 6) is 0.726. The van der Waals surface area contributed by atoms with Gasteiger partial charge in [0.15, 0.2) is 5.16 Å². The number of methoxy groups -OCH3 is 1. The van der Waals surface area contributed by atoms with Gasteiger partial charge in [-0.3, -0.25) is 4.79 Å². The summed E-state index contributed by atoms with van der Waals surface area (Å²) in [6.45, 7) is 0. The van der Waals surface area contributed by atoms with E-state index in [0.29, 0.717) is 21.6 Å². The first-order valence-electron chi connectivity index (χ1n) is 5.44. The van der Waals surface area contributed by atoms with Crippen LogP contribution in [0.5, 0.6) is 5.75 Å². The second-order valence-corrected chi connectivity index (χ2v) is 4.95. The number of amides is 1. The second-order valence-electron chi connectivity index (χ2n) is 3.58. The number of aromatic amines is 1. The molecule has 0 radical (unpaired) electrons. The summed E-state index contributed by atoms with van der Waals surface area (Å²) < 4.78 is 5.04. The number of H-pyrrole nitrogens is 1. The Balaban J connectivity index is 1.90. The highest BCUT2D eigenvalue weighted by molar-refractivity contribution is 7.99. The van der Waals surface area contributed by atoms with Gasteiger partial charge >= 0.3 is 0 Å². The number of halogens is 1. The minimum absolute atomic E-state index is 0.123. The van der Waals surface area contributed by atoms with E-state index < -0.39 is 0 Å². The van der Waals surface area contributed by atoms with Gasteiger partial charge < -0.3 is 15.0 Å². The number of carbonyl (C=O) groups excluding carboxylic acids is 1. The molecule has 2 rings (SSSR count). The number of hydrogen-bond donors (Lipinski definition) is 2. The monoisotopic (exact) mass is 297 g/mol. The first-order chi connectivity index (χ1) is 9.19. The maximum absolute atomic E-state index is 11.7. The lowest BCUT2D eigenvalue weighted by molar-refractivity contribution is -0.113. The van der Waals surface area contributed by atoms with Crippen molar-refractivity contribution in [2.45, 2.75) is 5.16 Å². The summed E-state index contributed by atoms with van der Waals surface area (Å²) in [6, 6.07) is 5.09. The van der Waals surface area contributed by atoms with Gasteiger partial charge in [-0.05, 0) is 18.2 Å². The van der Waals surface area contributed by atoms with Crippen molar-refractivity contribution in [3.63, 3.8) is 0 Å². The summed E-state index contributed by atoms with van der Waals surface area (Å²) in [7, 11) is 1.54. The number of hydrogen-bond acceptors (Lipinski definition) is 4. The lowest BCUT2D eigenvalue weighted by Crippen LogP contribution is -2.14. The first-order valence-corrected chi connectivity index (χ1v) is 6.81. The van der Waals surface area contributed by atoms with Crippen molar-refractivity contribution < 1.29 is 9.53 Å². The molecule has 1 aromatic carbocycles. The third-order valence-corrected chi connectivity index (χ3v) is 3.45. The minimum Gasteiger partial charge on any atom is -0.495 e. The Morgan fingerprint density at radius 3 is 3.05 bits per heavy atom. The maximum atomic E-state index is 11.7. The molecule has 0 bridgehead atoms. The number of carbonyl (C=O) groups is 1. The van der Waals surface area contributed by atoms with Crippen LogP contribution >= 0.6 is 23.4 Å². The molecule has 0 saturated heterocycles. The predicted octanol–water partition coefficient (Wildman–Crippen LogP) is 2.80. The Morgan fingerprint density at radius 1 is 1.58 bits per heavy atom. The summed E-state index contributed by atoms with van der Waals surface area (Å²) in [6.07, 6.45) is 3.35. The van der Waals surface area contributed by atoms with Gasteiger partial charge in [0, 0.05) is 18.1 Å². The molecule has 1 amide bonds. The van der Waals surface area contributed by atoms with Crippen LogP contribution in [0.2, 0.25) is 5.02 Å². The first kappa shape index (κ1) is 13.8. The van der Waals surface area contributed by atoms with Crippen molar-refractivity contribution in [2.75, 3.05) is 18.2 Å². The summed E-state index contributed by atoms with van der Waals surface area (Å²) in [5, 5.41) is 3.92. The predicted molar refractivity (Wildman–Crippen MR) is 75.9 cm³/mol. The summed E-state index contributed by atoms with van der Waals surface area (Å²) >= 11 is 7.30. The molecule has 7 heteroatoms. The van der Waals surface area contributed by atoms with Crippen LogP contribution in [0.1, 0.15) is 0 Å². The van der Waals surface area contributed by atoms with E-state index in [1.54, 1.807) is 37.7 Å². The van der Waals surface area contributed by atoms with Crippen molar-refractivity contribution in [3.8, 4) is 5.75 Å². The third-order valence-electron chi connectivity index (χ3n) is 2.25. The lowest BCUT2D eigenvalue weighted by Gasteiger charge is -2.07. The summed E-state index contributed by atoms with van der Waals surface area (Å²) in [4.78, 5) is 18.7. The third kappa shape index (κ3) is 3.90. The largest absolute Gasteiger partial charge is 0.495 e. The minimum atomic E-state index is -0.123. The Hall–Kier alpha value is -1.66. The molecule has 0 aliphatic heterocycles. The fourth-order valence-electron chi connectivity index (χ4n) is 1.40. The van der Waals surface area contributed by atoms with Crippen LogP contribution in [-0.2, 0) is 4.79 Å². The molecule has 0 aliphatic carbocycles. The van der Waals surface area contributed by atoms with Gasteiger partial charge in [0.1, 0.15) is 5.75 Å². The molecule has 0 aliphatic rings. The molecule has 19 heavy (non-hydrogen) atoms. The SMILES string of the molecule is COc1ccc(NC(=O)CSc2ncc[nH]2)cc1Cl. The highest BCUT2D eigenvalue weighted by atomic mass is 35.5. The number of anilines is 1. The maximum Gasteiger partial charge on any atom is 0.234 e. The summed E-state index contributed by atoms with van der Waals surface area (Å²) in [5.41, 5.74) is 0.635. The van der Waals surface area contributed by atoms with E-state index in [2.05, 4.69) is 15.3 Å². The van der Waals surface area contributed by atoms with E-state index in [9.17, 15) is 4.79 Å². The molecular formula is C12H12ClN3O2S. The highest BCUT2D eigenvalue weighted by Gasteiger charge is 2.07. The van der Waals surface area contributed by atoms with Gasteiger partial charge in [-0.2, -0.15) is 0 Å². The Labute approximate surface area is 119 Å². The number of rotatable bonds is 5. The van der Waals surface area contributed by atoms with Crippen molar-refractivity contribution in [1.82, 2.24) is 9.97 Å². The van der Waals surface area contributed by atoms with Gasteiger partial charge in [-0.25, -0.2) is 4.98 Å². The quantitative estimate of drug-likeness (QED) is 0.833. The van der Waals surface area contributed by atoms with Gasteiger partial charge in [-0.15, -0.1) is 0 Å². The van der Waals surface area contributed by atoms with Crippen LogP contribution < -0.4 is 10.1 Å². The van der Waals surface area contributed by atoms with E-state index >= 15 is 0 Å². The average Bonchev–Trinajstić information content (AvgIpc) is 2.90. The fourth-order valence-corrected chi connectivity index (χ4v) is 2.29. The molecule has 0 spiro atoms.